The number of nitrogen functional groups attached to an aromatic ring is 1. The van der Waals surface area contributed by atoms with Gasteiger partial charge in [0.05, 0.1) is 5.69 Å². The first-order chi connectivity index (χ1) is 8.36. The Morgan fingerprint density at radius 2 is 2.17 bits per heavy atom. The van der Waals surface area contributed by atoms with Crippen LogP contribution in [0.15, 0.2) is 23.1 Å². The van der Waals surface area contributed by atoms with Crippen LogP contribution in [0.3, 0.4) is 0 Å². The van der Waals surface area contributed by atoms with Gasteiger partial charge in [0.25, 0.3) is 0 Å². The van der Waals surface area contributed by atoms with E-state index in [1.165, 1.54) is 6.07 Å². The molecule has 6 nitrogen and oxygen atoms in total. The van der Waals surface area contributed by atoms with Crippen molar-refractivity contribution in [2.24, 2.45) is 5.14 Å². The summed E-state index contributed by atoms with van der Waals surface area (Å²) in [6.07, 6.45) is 0.977. The van der Waals surface area contributed by atoms with Gasteiger partial charge in [0, 0.05) is 18.3 Å². The smallest absolute Gasteiger partial charge is 0.240 e. The lowest BCUT2D eigenvalue weighted by atomic mass is 10.2. The van der Waals surface area contributed by atoms with Crippen LogP contribution in [0.25, 0.3) is 0 Å². The standard InChI is InChI=1S/C11H18N4O2S/c1-15-5-4-9(7-15)14-10-3-2-8(12)6-11(10)18(13,16)17/h2-3,6,9,14H,4-5,7,12H2,1H3,(H2,13,16,17). The third-order valence-electron chi connectivity index (χ3n) is 3.06. The van der Waals surface area contributed by atoms with E-state index < -0.39 is 10.0 Å². The number of nitrogens with one attached hydrogen (secondary N) is 1. The minimum absolute atomic E-state index is 0.0528. The van der Waals surface area contributed by atoms with Crippen molar-refractivity contribution in [1.82, 2.24) is 4.90 Å². The second-order valence-corrected chi connectivity index (χ2v) is 6.22. The molecule has 1 fully saturated rings. The summed E-state index contributed by atoms with van der Waals surface area (Å²) < 4.78 is 23.0. The second-order valence-electron chi connectivity index (χ2n) is 4.69. The molecule has 1 aliphatic heterocycles. The number of hydrogen-bond donors (Lipinski definition) is 3. The lowest BCUT2D eigenvalue weighted by Crippen LogP contribution is -2.25. The van der Waals surface area contributed by atoms with Crippen LogP contribution in [0, 0.1) is 0 Å². The molecule has 0 aliphatic carbocycles. The van der Waals surface area contributed by atoms with E-state index in [0.717, 1.165) is 19.5 Å². The van der Waals surface area contributed by atoms with E-state index in [1.54, 1.807) is 12.1 Å². The summed E-state index contributed by atoms with van der Waals surface area (Å²) in [6.45, 7) is 1.88. The zero-order chi connectivity index (χ0) is 13.3. The summed E-state index contributed by atoms with van der Waals surface area (Å²) >= 11 is 0. The average molecular weight is 270 g/mol. The minimum Gasteiger partial charge on any atom is -0.399 e. The molecule has 18 heavy (non-hydrogen) atoms. The van der Waals surface area contributed by atoms with Crippen LogP contribution in [-0.2, 0) is 10.0 Å². The van der Waals surface area contributed by atoms with Gasteiger partial charge in [0.2, 0.25) is 10.0 Å². The zero-order valence-electron chi connectivity index (χ0n) is 10.3. The Kier molecular flexibility index (Phi) is 3.47. The van der Waals surface area contributed by atoms with E-state index in [9.17, 15) is 8.42 Å². The first kappa shape index (κ1) is 13.1. The molecule has 100 valence electrons. The van der Waals surface area contributed by atoms with Crippen molar-refractivity contribution < 1.29 is 8.42 Å². The van der Waals surface area contributed by atoms with Gasteiger partial charge in [-0.2, -0.15) is 0 Å². The van der Waals surface area contributed by atoms with E-state index in [-0.39, 0.29) is 10.9 Å². The summed E-state index contributed by atoms with van der Waals surface area (Å²) in [5.74, 6) is 0. The first-order valence-electron chi connectivity index (χ1n) is 5.73. The normalized spacial score (nSPS) is 21.1. The number of nitrogens with two attached hydrogens (primary N) is 2. The van der Waals surface area contributed by atoms with Gasteiger partial charge in [-0.05, 0) is 38.2 Å². The molecule has 5 N–H and O–H groups in total. The zero-order valence-corrected chi connectivity index (χ0v) is 11.1. The number of sulfonamides is 1. The van der Waals surface area contributed by atoms with Gasteiger partial charge in [-0.15, -0.1) is 0 Å². The summed E-state index contributed by atoms with van der Waals surface area (Å²) in [4.78, 5) is 2.24. The van der Waals surface area contributed by atoms with Gasteiger partial charge in [-0.25, -0.2) is 13.6 Å². The van der Waals surface area contributed by atoms with Gasteiger partial charge < -0.3 is 16.0 Å². The van der Waals surface area contributed by atoms with Crippen LogP contribution in [0.1, 0.15) is 6.42 Å². The Morgan fingerprint density at radius 1 is 1.44 bits per heavy atom. The molecule has 1 saturated heterocycles. The Hall–Kier alpha value is -1.31. The van der Waals surface area contributed by atoms with Gasteiger partial charge >= 0.3 is 0 Å². The van der Waals surface area contributed by atoms with Crippen molar-refractivity contribution in [3.63, 3.8) is 0 Å². The van der Waals surface area contributed by atoms with E-state index in [1.807, 2.05) is 7.05 Å². The number of nitrogens with zero attached hydrogens (tertiary/aromatic N) is 1. The van der Waals surface area contributed by atoms with Crippen LogP contribution < -0.4 is 16.2 Å². The largest absolute Gasteiger partial charge is 0.399 e. The van der Waals surface area contributed by atoms with E-state index >= 15 is 0 Å². The molecule has 1 aliphatic rings. The maximum atomic E-state index is 11.5. The number of likely N-dealkylation sites (tertiary alicyclic amines) is 1. The number of primary sulfonamides is 1. The first-order valence-corrected chi connectivity index (χ1v) is 7.28. The number of hydrogen-bond acceptors (Lipinski definition) is 5. The van der Waals surface area contributed by atoms with Crippen molar-refractivity contribution in [3.8, 4) is 0 Å². The molecule has 0 saturated carbocycles. The third kappa shape index (κ3) is 2.92. The van der Waals surface area contributed by atoms with Crippen molar-refractivity contribution >= 4 is 21.4 Å². The van der Waals surface area contributed by atoms with Crippen molar-refractivity contribution in [3.05, 3.63) is 18.2 Å². The van der Waals surface area contributed by atoms with E-state index in [4.69, 9.17) is 10.9 Å². The molecule has 2 rings (SSSR count). The Labute approximate surface area is 107 Å². The lowest BCUT2D eigenvalue weighted by molar-refractivity contribution is 0.414. The monoisotopic (exact) mass is 270 g/mol. The van der Waals surface area contributed by atoms with Crippen LogP contribution in [0.5, 0.6) is 0 Å². The van der Waals surface area contributed by atoms with E-state index in [0.29, 0.717) is 11.4 Å². The molecular weight excluding hydrogens is 252 g/mol. The van der Waals surface area contributed by atoms with E-state index in [2.05, 4.69) is 10.2 Å². The molecule has 0 amide bonds. The molecule has 0 bridgehead atoms. The maximum Gasteiger partial charge on any atom is 0.240 e. The van der Waals surface area contributed by atoms with Crippen molar-refractivity contribution in [2.75, 3.05) is 31.2 Å². The molecule has 1 heterocycles. The molecule has 0 spiro atoms. The Balaban J connectivity index is 2.27. The number of anilines is 2. The highest BCUT2D eigenvalue weighted by atomic mass is 32.2. The van der Waals surface area contributed by atoms with Crippen molar-refractivity contribution in [2.45, 2.75) is 17.4 Å². The lowest BCUT2D eigenvalue weighted by Gasteiger charge is -2.17. The summed E-state index contributed by atoms with van der Waals surface area (Å²) in [6, 6.07) is 4.94. The maximum absolute atomic E-state index is 11.5. The van der Waals surface area contributed by atoms with Gasteiger partial charge in [0.1, 0.15) is 4.90 Å². The SMILES string of the molecule is CN1CCC(Nc2ccc(N)cc2S(N)(=O)=O)C1. The minimum atomic E-state index is -3.77. The second kappa shape index (κ2) is 4.75. The fraction of sp³-hybridized carbons (Fsp3) is 0.455. The highest BCUT2D eigenvalue weighted by Crippen LogP contribution is 2.25. The molecule has 1 unspecified atom stereocenters. The van der Waals surface area contributed by atoms with Crippen molar-refractivity contribution in [1.29, 1.82) is 0 Å². The summed E-state index contributed by atoms with van der Waals surface area (Å²) in [7, 11) is -1.73. The summed E-state index contributed by atoms with van der Waals surface area (Å²) in [5.41, 5.74) is 6.50. The number of likely N-dealkylation sites (N-methyl/N-ethyl adjacent to an activating group) is 1. The Morgan fingerprint density at radius 3 is 2.72 bits per heavy atom. The predicted molar refractivity (Wildman–Crippen MR) is 71.8 cm³/mol. The molecule has 1 aromatic carbocycles. The quantitative estimate of drug-likeness (QED) is 0.673. The van der Waals surface area contributed by atoms with Gasteiger partial charge in [-0.1, -0.05) is 0 Å². The average Bonchev–Trinajstić information content (AvgIpc) is 2.65. The molecule has 1 aromatic rings. The highest BCUT2D eigenvalue weighted by molar-refractivity contribution is 7.89. The topological polar surface area (TPSA) is 101 Å². The van der Waals surface area contributed by atoms with Crippen LogP contribution >= 0.6 is 0 Å². The Bertz CT molecular complexity index is 544. The number of benzene rings is 1. The molecular formula is C11H18N4O2S. The van der Waals surface area contributed by atoms with Crippen LogP contribution in [-0.4, -0.2) is 39.5 Å². The molecule has 1 atom stereocenters. The third-order valence-corrected chi connectivity index (χ3v) is 4.01. The molecule has 7 heteroatoms. The van der Waals surface area contributed by atoms with Gasteiger partial charge in [0.15, 0.2) is 0 Å². The fourth-order valence-corrected chi connectivity index (χ4v) is 2.90. The predicted octanol–water partition coefficient (Wildman–Crippen LogP) is 0.0322. The summed E-state index contributed by atoms with van der Waals surface area (Å²) in [5, 5.41) is 8.41. The molecule has 0 radical (unpaired) electrons. The molecule has 0 aromatic heterocycles. The van der Waals surface area contributed by atoms with Gasteiger partial charge in [-0.3, -0.25) is 0 Å². The highest BCUT2D eigenvalue weighted by Gasteiger charge is 2.22. The fourth-order valence-electron chi connectivity index (χ4n) is 2.17. The number of rotatable bonds is 3. The van der Waals surface area contributed by atoms with Crippen LogP contribution in [0.4, 0.5) is 11.4 Å². The van der Waals surface area contributed by atoms with Crippen LogP contribution in [0.2, 0.25) is 0 Å².